The van der Waals surface area contributed by atoms with Crippen LogP contribution in [0.5, 0.6) is 0 Å². The number of nitrogens with zero attached hydrogens (tertiary/aromatic N) is 1. The summed E-state index contributed by atoms with van der Waals surface area (Å²) in [7, 11) is -3.11. The van der Waals surface area contributed by atoms with Crippen LogP contribution in [0.2, 0.25) is 0 Å². The van der Waals surface area contributed by atoms with Crippen molar-refractivity contribution in [3.8, 4) is 0 Å². The summed E-state index contributed by atoms with van der Waals surface area (Å²) in [6.45, 7) is 9.58. The zero-order valence-electron chi connectivity index (χ0n) is 10.6. The van der Waals surface area contributed by atoms with Crippen LogP contribution in [0.15, 0.2) is 41.3 Å². The van der Waals surface area contributed by atoms with Gasteiger partial charge in [0.05, 0.1) is 4.90 Å². The molecule has 1 rings (SSSR count). The molecular weight excluding hydrogens is 234 g/mol. The second kappa shape index (κ2) is 5.36. The maximum Gasteiger partial charge on any atom is 0.175 e. The summed E-state index contributed by atoms with van der Waals surface area (Å²) in [6.07, 6.45) is 1.22. The minimum Gasteiger partial charge on any atom is -0.368 e. The Balaban J connectivity index is 2.97. The first kappa shape index (κ1) is 13.8. The number of rotatable bonds is 5. The van der Waals surface area contributed by atoms with Gasteiger partial charge in [0, 0.05) is 25.0 Å². The summed E-state index contributed by atoms with van der Waals surface area (Å²) >= 11 is 0. The van der Waals surface area contributed by atoms with E-state index in [0.717, 1.165) is 24.4 Å². The van der Waals surface area contributed by atoms with Crippen molar-refractivity contribution < 1.29 is 8.42 Å². The van der Waals surface area contributed by atoms with Crippen LogP contribution >= 0.6 is 0 Å². The maximum atomic E-state index is 11.3. The smallest absolute Gasteiger partial charge is 0.175 e. The standard InChI is InChI=1S/C13H19NO2S/c1-5-14(10-11(2)3)12-6-8-13(9-7-12)17(4,15)16/h6-9H,2,5,10H2,1,3-4H3. The number of anilines is 1. The Hall–Kier alpha value is -1.29. The molecule has 0 fully saturated rings. The zero-order chi connectivity index (χ0) is 13.1. The lowest BCUT2D eigenvalue weighted by Gasteiger charge is -2.23. The molecule has 0 aliphatic rings. The molecule has 0 bridgehead atoms. The molecule has 0 atom stereocenters. The third kappa shape index (κ3) is 3.89. The molecule has 0 radical (unpaired) electrons. The first-order valence-electron chi connectivity index (χ1n) is 5.54. The third-order valence-corrected chi connectivity index (χ3v) is 3.60. The second-order valence-corrected chi connectivity index (χ2v) is 6.25. The van der Waals surface area contributed by atoms with Gasteiger partial charge in [-0.15, -0.1) is 0 Å². The summed E-state index contributed by atoms with van der Waals surface area (Å²) in [5, 5.41) is 0. The molecule has 0 saturated carbocycles. The molecule has 1 aromatic carbocycles. The van der Waals surface area contributed by atoms with Crippen LogP contribution in [-0.2, 0) is 9.84 Å². The van der Waals surface area contributed by atoms with Crippen molar-refractivity contribution in [2.75, 3.05) is 24.2 Å². The fourth-order valence-corrected chi connectivity index (χ4v) is 2.25. The molecule has 0 aliphatic carbocycles. The van der Waals surface area contributed by atoms with Crippen LogP contribution in [0.1, 0.15) is 13.8 Å². The number of benzene rings is 1. The van der Waals surface area contributed by atoms with Crippen molar-refractivity contribution in [2.45, 2.75) is 18.7 Å². The summed E-state index contributed by atoms with van der Waals surface area (Å²) in [5.74, 6) is 0. The van der Waals surface area contributed by atoms with E-state index in [1.807, 2.05) is 19.1 Å². The van der Waals surface area contributed by atoms with Gasteiger partial charge in [0.1, 0.15) is 0 Å². The monoisotopic (exact) mass is 253 g/mol. The van der Waals surface area contributed by atoms with Crippen molar-refractivity contribution >= 4 is 15.5 Å². The van der Waals surface area contributed by atoms with Crippen molar-refractivity contribution in [1.82, 2.24) is 0 Å². The van der Waals surface area contributed by atoms with E-state index in [2.05, 4.69) is 18.4 Å². The number of hydrogen-bond donors (Lipinski definition) is 0. The van der Waals surface area contributed by atoms with Gasteiger partial charge in [0.25, 0.3) is 0 Å². The predicted octanol–water partition coefficient (Wildman–Crippen LogP) is 2.49. The van der Waals surface area contributed by atoms with Crippen LogP contribution in [0.25, 0.3) is 0 Å². The number of sulfone groups is 1. The van der Waals surface area contributed by atoms with Crippen molar-refractivity contribution in [1.29, 1.82) is 0 Å². The normalized spacial score (nSPS) is 11.2. The van der Waals surface area contributed by atoms with E-state index in [4.69, 9.17) is 0 Å². The zero-order valence-corrected chi connectivity index (χ0v) is 11.4. The van der Waals surface area contributed by atoms with E-state index < -0.39 is 9.84 Å². The molecule has 0 heterocycles. The van der Waals surface area contributed by atoms with Crippen LogP contribution in [-0.4, -0.2) is 27.8 Å². The van der Waals surface area contributed by atoms with Gasteiger partial charge in [0.2, 0.25) is 0 Å². The van der Waals surface area contributed by atoms with Crippen molar-refractivity contribution in [2.24, 2.45) is 0 Å². The van der Waals surface area contributed by atoms with Crippen LogP contribution in [0.3, 0.4) is 0 Å². The number of hydrogen-bond acceptors (Lipinski definition) is 3. The summed E-state index contributed by atoms with van der Waals surface area (Å²) in [5.41, 5.74) is 2.10. The Morgan fingerprint density at radius 1 is 1.29 bits per heavy atom. The molecule has 94 valence electrons. The molecule has 0 aromatic heterocycles. The highest BCUT2D eigenvalue weighted by Crippen LogP contribution is 2.18. The lowest BCUT2D eigenvalue weighted by atomic mass is 10.2. The molecule has 1 aromatic rings. The quantitative estimate of drug-likeness (QED) is 0.757. The van der Waals surface area contributed by atoms with Gasteiger partial charge in [-0.1, -0.05) is 12.2 Å². The van der Waals surface area contributed by atoms with Crippen LogP contribution in [0.4, 0.5) is 5.69 Å². The largest absolute Gasteiger partial charge is 0.368 e. The molecule has 0 spiro atoms. The first-order valence-corrected chi connectivity index (χ1v) is 7.43. The summed E-state index contributed by atoms with van der Waals surface area (Å²) in [4.78, 5) is 2.50. The Kier molecular flexibility index (Phi) is 4.34. The van der Waals surface area contributed by atoms with E-state index in [1.54, 1.807) is 12.1 Å². The maximum absolute atomic E-state index is 11.3. The SMILES string of the molecule is C=C(C)CN(CC)c1ccc(S(C)(=O)=O)cc1. The van der Waals surface area contributed by atoms with Gasteiger partial charge >= 0.3 is 0 Å². The molecule has 0 amide bonds. The highest BCUT2D eigenvalue weighted by molar-refractivity contribution is 7.90. The van der Waals surface area contributed by atoms with E-state index in [1.165, 1.54) is 6.26 Å². The summed E-state index contributed by atoms with van der Waals surface area (Å²) < 4.78 is 22.7. The molecule has 0 saturated heterocycles. The molecule has 0 unspecified atom stereocenters. The average molecular weight is 253 g/mol. The molecule has 17 heavy (non-hydrogen) atoms. The molecule has 4 heteroatoms. The highest BCUT2D eigenvalue weighted by atomic mass is 32.2. The topological polar surface area (TPSA) is 37.4 Å². The molecule has 0 N–H and O–H groups in total. The Labute approximate surface area is 104 Å². The van der Waals surface area contributed by atoms with E-state index in [9.17, 15) is 8.42 Å². The Morgan fingerprint density at radius 3 is 2.18 bits per heavy atom. The van der Waals surface area contributed by atoms with Gasteiger partial charge in [-0.3, -0.25) is 0 Å². The summed E-state index contributed by atoms with van der Waals surface area (Å²) in [6, 6.07) is 6.96. The fraction of sp³-hybridized carbons (Fsp3) is 0.385. The lowest BCUT2D eigenvalue weighted by molar-refractivity contribution is 0.602. The van der Waals surface area contributed by atoms with Gasteiger partial charge in [-0.2, -0.15) is 0 Å². The predicted molar refractivity (Wildman–Crippen MR) is 72.3 cm³/mol. The number of likely N-dealkylation sites (N-methyl/N-ethyl adjacent to an activating group) is 1. The Bertz CT molecular complexity index is 489. The highest BCUT2D eigenvalue weighted by Gasteiger charge is 2.08. The average Bonchev–Trinajstić information content (AvgIpc) is 2.24. The molecule has 0 aliphatic heterocycles. The van der Waals surface area contributed by atoms with Crippen LogP contribution < -0.4 is 4.90 Å². The molecule has 3 nitrogen and oxygen atoms in total. The molecular formula is C13H19NO2S. The fourth-order valence-electron chi connectivity index (χ4n) is 1.62. The second-order valence-electron chi connectivity index (χ2n) is 4.24. The minimum atomic E-state index is -3.11. The van der Waals surface area contributed by atoms with Gasteiger partial charge < -0.3 is 4.90 Å². The van der Waals surface area contributed by atoms with Crippen molar-refractivity contribution in [3.63, 3.8) is 0 Å². The van der Waals surface area contributed by atoms with Gasteiger partial charge in [0.15, 0.2) is 9.84 Å². The van der Waals surface area contributed by atoms with Crippen molar-refractivity contribution in [3.05, 3.63) is 36.4 Å². The van der Waals surface area contributed by atoms with E-state index in [-0.39, 0.29) is 0 Å². The first-order chi connectivity index (χ1) is 7.84. The van der Waals surface area contributed by atoms with E-state index in [0.29, 0.717) is 4.90 Å². The van der Waals surface area contributed by atoms with Gasteiger partial charge in [-0.25, -0.2) is 8.42 Å². The minimum absolute atomic E-state index is 0.354. The Morgan fingerprint density at radius 2 is 1.82 bits per heavy atom. The van der Waals surface area contributed by atoms with Gasteiger partial charge in [-0.05, 0) is 38.1 Å². The van der Waals surface area contributed by atoms with E-state index >= 15 is 0 Å². The van der Waals surface area contributed by atoms with Crippen LogP contribution in [0, 0.1) is 0 Å². The lowest BCUT2D eigenvalue weighted by Crippen LogP contribution is -2.24. The third-order valence-electron chi connectivity index (χ3n) is 2.47.